The first-order chi connectivity index (χ1) is 5.88. The zero-order valence-electron chi connectivity index (χ0n) is 7.03. The van der Waals surface area contributed by atoms with Crippen molar-refractivity contribution in [1.29, 1.82) is 0 Å². The van der Waals surface area contributed by atoms with Crippen molar-refractivity contribution in [1.82, 2.24) is 9.55 Å². The van der Waals surface area contributed by atoms with E-state index in [4.69, 9.17) is 12.2 Å². The summed E-state index contributed by atoms with van der Waals surface area (Å²) < 4.78 is 2.04. The average molecular weight is 163 g/mol. The molecule has 2 N–H and O–H groups in total. The van der Waals surface area contributed by atoms with E-state index in [1.807, 2.05) is 4.57 Å². The van der Waals surface area contributed by atoms with Gasteiger partial charge in [-0.25, -0.2) is 4.98 Å². The molecule has 3 heteroatoms. The van der Waals surface area contributed by atoms with E-state index in [9.17, 15) is 0 Å². The summed E-state index contributed by atoms with van der Waals surface area (Å²) in [5.74, 6) is 2.60. The second-order valence-electron chi connectivity index (χ2n) is 2.59. The van der Waals surface area contributed by atoms with Gasteiger partial charge in [-0.15, -0.1) is 12.3 Å². The van der Waals surface area contributed by atoms with E-state index in [1.165, 1.54) is 0 Å². The Morgan fingerprint density at radius 2 is 2.50 bits per heavy atom. The summed E-state index contributed by atoms with van der Waals surface area (Å²) >= 11 is 0. The van der Waals surface area contributed by atoms with E-state index in [0.717, 1.165) is 25.1 Å². The monoisotopic (exact) mass is 163 g/mol. The van der Waals surface area contributed by atoms with Crippen LogP contribution in [0.1, 0.15) is 18.5 Å². The molecule has 0 saturated heterocycles. The number of hydrogen-bond acceptors (Lipinski definition) is 2. The smallest absolute Gasteiger partial charge is 0.0948 e. The summed E-state index contributed by atoms with van der Waals surface area (Å²) in [4.78, 5) is 4.00. The van der Waals surface area contributed by atoms with Gasteiger partial charge in [0.15, 0.2) is 0 Å². The van der Waals surface area contributed by atoms with Crippen molar-refractivity contribution in [2.24, 2.45) is 5.73 Å². The minimum Gasteiger partial charge on any atom is -0.333 e. The van der Waals surface area contributed by atoms with Gasteiger partial charge in [0.05, 0.1) is 12.0 Å². The number of aryl methyl sites for hydroxylation is 1. The van der Waals surface area contributed by atoms with Crippen LogP contribution >= 0.6 is 0 Å². The number of aromatic nitrogens is 2. The minimum absolute atomic E-state index is 0.538. The maximum atomic E-state index is 5.50. The molecule has 0 aliphatic rings. The number of hydrogen-bond donors (Lipinski definition) is 1. The normalized spacial score (nSPS) is 9.67. The molecule has 1 heterocycles. The van der Waals surface area contributed by atoms with Crippen molar-refractivity contribution < 1.29 is 0 Å². The molecule has 0 aliphatic heterocycles. The quantitative estimate of drug-likeness (QED) is 0.526. The Bertz CT molecular complexity index is 270. The summed E-state index contributed by atoms with van der Waals surface area (Å²) in [6.07, 6.45) is 10.5. The lowest BCUT2D eigenvalue weighted by atomic mass is 10.3. The standard InChI is InChI=1S/C9H13N3/c1-2-3-4-5-12-8-11-7-9(12)6-10/h1,7-8H,3-6,10H2. The first-order valence-corrected chi connectivity index (χ1v) is 4.01. The SMILES string of the molecule is C#CCCCn1cncc1CN. The Kier molecular flexibility index (Phi) is 3.36. The van der Waals surface area contributed by atoms with Crippen LogP contribution in [0.25, 0.3) is 0 Å². The molecule has 0 spiro atoms. The van der Waals surface area contributed by atoms with Crippen molar-refractivity contribution in [3.63, 3.8) is 0 Å². The van der Waals surface area contributed by atoms with Crippen LogP contribution in [0, 0.1) is 12.3 Å². The molecule has 0 atom stereocenters. The highest BCUT2D eigenvalue weighted by molar-refractivity contribution is 4.97. The van der Waals surface area contributed by atoms with Crippen LogP contribution in [-0.4, -0.2) is 9.55 Å². The van der Waals surface area contributed by atoms with Gasteiger partial charge in [-0.05, 0) is 6.42 Å². The average Bonchev–Trinajstić information content (AvgIpc) is 2.52. The summed E-state index contributed by atoms with van der Waals surface area (Å²) in [5, 5.41) is 0. The molecular formula is C9H13N3. The van der Waals surface area contributed by atoms with Crippen LogP contribution in [0.3, 0.4) is 0 Å². The lowest BCUT2D eigenvalue weighted by Crippen LogP contribution is -2.06. The van der Waals surface area contributed by atoms with Gasteiger partial charge in [0, 0.05) is 25.7 Å². The van der Waals surface area contributed by atoms with Gasteiger partial charge >= 0.3 is 0 Å². The maximum Gasteiger partial charge on any atom is 0.0948 e. The number of rotatable bonds is 4. The number of imidazole rings is 1. The summed E-state index contributed by atoms with van der Waals surface area (Å²) in [5.41, 5.74) is 6.56. The topological polar surface area (TPSA) is 43.8 Å². The largest absolute Gasteiger partial charge is 0.333 e. The number of nitrogens with zero attached hydrogens (tertiary/aromatic N) is 2. The van der Waals surface area contributed by atoms with Gasteiger partial charge in [-0.2, -0.15) is 0 Å². The molecule has 1 aromatic heterocycles. The third-order valence-electron chi connectivity index (χ3n) is 1.73. The predicted octanol–water partition coefficient (Wildman–Crippen LogP) is 0.755. The van der Waals surface area contributed by atoms with Gasteiger partial charge < -0.3 is 10.3 Å². The Hall–Kier alpha value is -1.27. The Morgan fingerprint density at radius 1 is 1.67 bits per heavy atom. The number of nitrogens with two attached hydrogens (primary N) is 1. The highest BCUT2D eigenvalue weighted by atomic mass is 15.0. The molecule has 12 heavy (non-hydrogen) atoms. The van der Waals surface area contributed by atoms with E-state index in [2.05, 4.69) is 10.9 Å². The van der Waals surface area contributed by atoms with E-state index >= 15 is 0 Å². The lowest BCUT2D eigenvalue weighted by molar-refractivity contribution is 0.627. The van der Waals surface area contributed by atoms with Gasteiger partial charge in [0.2, 0.25) is 0 Å². The van der Waals surface area contributed by atoms with Gasteiger partial charge in [-0.1, -0.05) is 0 Å². The molecule has 1 rings (SSSR count). The zero-order chi connectivity index (χ0) is 8.81. The Morgan fingerprint density at radius 3 is 3.17 bits per heavy atom. The maximum absolute atomic E-state index is 5.50. The Balaban J connectivity index is 2.46. The van der Waals surface area contributed by atoms with E-state index in [0.29, 0.717) is 6.54 Å². The molecule has 0 aromatic carbocycles. The van der Waals surface area contributed by atoms with E-state index < -0.39 is 0 Å². The van der Waals surface area contributed by atoms with Crippen molar-refractivity contribution in [3.8, 4) is 12.3 Å². The van der Waals surface area contributed by atoms with Crippen LogP contribution in [0.5, 0.6) is 0 Å². The first kappa shape index (κ1) is 8.82. The second-order valence-corrected chi connectivity index (χ2v) is 2.59. The van der Waals surface area contributed by atoms with Crippen LogP contribution in [0.4, 0.5) is 0 Å². The third-order valence-corrected chi connectivity index (χ3v) is 1.73. The van der Waals surface area contributed by atoms with Gasteiger partial charge in [0.25, 0.3) is 0 Å². The fourth-order valence-electron chi connectivity index (χ4n) is 1.07. The zero-order valence-corrected chi connectivity index (χ0v) is 7.03. The molecule has 0 radical (unpaired) electrons. The summed E-state index contributed by atoms with van der Waals surface area (Å²) in [6.45, 7) is 1.45. The number of unbranched alkanes of at least 4 members (excludes halogenated alkanes) is 1. The van der Waals surface area contributed by atoms with Crippen LogP contribution < -0.4 is 5.73 Å². The van der Waals surface area contributed by atoms with Crippen LogP contribution in [-0.2, 0) is 13.1 Å². The molecule has 0 fully saturated rings. The van der Waals surface area contributed by atoms with Crippen molar-refractivity contribution in [3.05, 3.63) is 18.2 Å². The Labute approximate surface area is 72.6 Å². The highest BCUT2D eigenvalue weighted by Gasteiger charge is 1.97. The molecule has 0 saturated carbocycles. The second kappa shape index (κ2) is 4.58. The van der Waals surface area contributed by atoms with Crippen molar-refractivity contribution >= 4 is 0 Å². The molecule has 0 amide bonds. The molecule has 3 nitrogen and oxygen atoms in total. The molecule has 0 aliphatic carbocycles. The third kappa shape index (κ3) is 2.11. The van der Waals surface area contributed by atoms with Crippen molar-refractivity contribution in [2.75, 3.05) is 0 Å². The predicted molar refractivity (Wildman–Crippen MR) is 48.2 cm³/mol. The van der Waals surface area contributed by atoms with Gasteiger partial charge in [0.1, 0.15) is 0 Å². The van der Waals surface area contributed by atoms with E-state index in [1.54, 1.807) is 12.5 Å². The highest BCUT2D eigenvalue weighted by Crippen LogP contribution is 2.00. The summed E-state index contributed by atoms with van der Waals surface area (Å²) in [7, 11) is 0. The van der Waals surface area contributed by atoms with Gasteiger partial charge in [-0.3, -0.25) is 0 Å². The fraction of sp³-hybridized carbons (Fsp3) is 0.444. The first-order valence-electron chi connectivity index (χ1n) is 4.01. The molecule has 0 bridgehead atoms. The van der Waals surface area contributed by atoms with Crippen LogP contribution in [0.15, 0.2) is 12.5 Å². The molecule has 64 valence electrons. The molecule has 0 unspecified atom stereocenters. The van der Waals surface area contributed by atoms with E-state index in [-0.39, 0.29) is 0 Å². The fourth-order valence-corrected chi connectivity index (χ4v) is 1.07. The lowest BCUT2D eigenvalue weighted by Gasteiger charge is -2.03. The molecule has 1 aromatic rings. The minimum atomic E-state index is 0.538. The number of terminal acetylenes is 1. The summed E-state index contributed by atoms with van der Waals surface area (Å²) in [6, 6.07) is 0. The molecular weight excluding hydrogens is 150 g/mol. The van der Waals surface area contributed by atoms with Crippen LogP contribution in [0.2, 0.25) is 0 Å². The van der Waals surface area contributed by atoms with Crippen molar-refractivity contribution in [2.45, 2.75) is 25.9 Å².